The summed E-state index contributed by atoms with van der Waals surface area (Å²) in [6, 6.07) is 10.9. The second-order valence-corrected chi connectivity index (χ2v) is 10.1. The SMILES string of the molecule is O[C@@H](COc1ccc(OC[C@H](O)CN2CCN(c3ncccn3)CC2)cc1)CN1CCN(c2ncccn2)CC1. The lowest BCUT2D eigenvalue weighted by atomic mass is 10.2. The molecule has 0 radical (unpaired) electrons. The third-order valence-corrected chi connectivity index (χ3v) is 7.06. The Morgan fingerprint density at radius 1 is 0.575 bits per heavy atom. The first-order valence-corrected chi connectivity index (χ1v) is 13.8. The number of aliphatic hydroxyl groups excluding tert-OH is 2. The Bertz CT molecular complexity index is 1040. The van der Waals surface area contributed by atoms with E-state index in [0.29, 0.717) is 24.6 Å². The highest BCUT2D eigenvalue weighted by atomic mass is 16.5. The van der Waals surface area contributed by atoms with Crippen LogP contribution in [0.3, 0.4) is 0 Å². The van der Waals surface area contributed by atoms with E-state index in [4.69, 9.17) is 9.47 Å². The van der Waals surface area contributed by atoms with E-state index in [2.05, 4.69) is 39.5 Å². The molecular formula is C28H38N8O4. The van der Waals surface area contributed by atoms with Crippen molar-refractivity contribution in [3.05, 3.63) is 61.2 Å². The molecule has 0 unspecified atom stereocenters. The molecule has 2 fully saturated rings. The molecule has 2 saturated heterocycles. The number of aliphatic hydroxyl groups is 2. The van der Waals surface area contributed by atoms with Crippen LogP contribution in [-0.4, -0.2) is 131 Å². The molecule has 2 aliphatic rings. The van der Waals surface area contributed by atoms with Crippen molar-refractivity contribution < 1.29 is 19.7 Å². The minimum atomic E-state index is -0.590. The normalized spacial score (nSPS) is 18.4. The average molecular weight is 551 g/mol. The van der Waals surface area contributed by atoms with Gasteiger partial charge in [-0.05, 0) is 36.4 Å². The van der Waals surface area contributed by atoms with Crippen LogP contribution in [0.15, 0.2) is 61.2 Å². The van der Waals surface area contributed by atoms with Gasteiger partial charge in [-0.15, -0.1) is 0 Å². The van der Waals surface area contributed by atoms with Crippen molar-refractivity contribution in [3.8, 4) is 11.5 Å². The molecule has 2 aromatic heterocycles. The molecule has 0 amide bonds. The quantitative estimate of drug-likeness (QED) is 0.324. The minimum Gasteiger partial charge on any atom is -0.491 e. The summed E-state index contributed by atoms with van der Waals surface area (Å²) in [5.41, 5.74) is 0. The maximum atomic E-state index is 10.5. The van der Waals surface area contributed by atoms with E-state index in [9.17, 15) is 10.2 Å². The van der Waals surface area contributed by atoms with Crippen LogP contribution in [0.2, 0.25) is 0 Å². The number of benzene rings is 1. The van der Waals surface area contributed by atoms with Crippen molar-refractivity contribution in [2.45, 2.75) is 12.2 Å². The van der Waals surface area contributed by atoms with Crippen LogP contribution in [0.4, 0.5) is 11.9 Å². The summed E-state index contributed by atoms with van der Waals surface area (Å²) in [6.07, 6.45) is 5.84. The van der Waals surface area contributed by atoms with E-state index in [0.717, 1.165) is 64.3 Å². The van der Waals surface area contributed by atoms with Crippen molar-refractivity contribution in [1.82, 2.24) is 29.7 Å². The molecule has 12 heteroatoms. The summed E-state index contributed by atoms with van der Waals surface area (Å²) in [6.45, 7) is 8.20. The van der Waals surface area contributed by atoms with Crippen LogP contribution in [0, 0.1) is 0 Å². The standard InChI is InChI=1S/C28H38N8O4/c37-23(19-33-11-15-35(16-12-33)27-29-7-1-8-30-27)21-39-25-3-5-26(6-4-25)40-22-24(38)20-34-13-17-36(18-14-34)28-31-9-2-10-32-28/h1-10,23-24,37-38H,11-22H2/t23-,24-/m1/s1. The predicted octanol–water partition coefficient (Wildman–Crippen LogP) is 0.390. The Balaban J connectivity index is 0.952. The van der Waals surface area contributed by atoms with Gasteiger partial charge < -0.3 is 29.5 Å². The van der Waals surface area contributed by atoms with Crippen LogP contribution < -0.4 is 19.3 Å². The van der Waals surface area contributed by atoms with Crippen LogP contribution >= 0.6 is 0 Å². The van der Waals surface area contributed by atoms with Crippen LogP contribution in [-0.2, 0) is 0 Å². The summed E-state index contributed by atoms with van der Waals surface area (Å²) < 4.78 is 11.6. The van der Waals surface area contributed by atoms with E-state index in [1.54, 1.807) is 24.8 Å². The molecule has 1 aromatic carbocycles. The zero-order valence-electron chi connectivity index (χ0n) is 22.7. The second-order valence-electron chi connectivity index (χ2n) is 10.1. The highest BCUT2D eigenvalue weighted by molar-refractivity contribution is 5.32. The topological polar surface area (TPSA) is 123 Å². The van der Waals surface area contributed by atoms with Gasteiger partial charge in [-0.1, -0.05) is 0 Å². The molecule has 2 aliphatic heterocycles. The molecule has 0 spiro atoms. The predicted molar refractivity (Wildman–Crippen MR) is 151 cm³/mol. The van der Waals surface area contributed by atoms with Gasteiger partial charge in [0.25, 0.3) is 0 Å². The Hall–Kier alpha value is -3.58. The van der Waals surface area contributed by atoms with Crippen molar-refractivity contribution in [2.75, 3.05) is 88.5 Å². The Labute approximate surface area is 234 Å². The molecule has 4 heterocycles. The number of ether oxygens (including phenoxy) is 2. The summed E-state index contributed by atoms with van der Waals surface area (Å²) in [4.78, 5) is 26.0. The van der Waals surface area contributed by atoms with E-state index >= 15 is 0 Å². The van der Waals surface area contributed by atoms with Crippen molar-refractivity contribution in [1.29, 1.82) is 0 Å². The maximum Gasteiger partial charge on any atom is 0.225 e. The number of nitrogens with zero attached hydrogens (tertiary/aromatic N) is 8. The number of anilines is 2. The number of hydrogen-bond acceptors (Lipinski definition) is 12. The molecule has 0 bridgehead atoms. The molecule has 0 aliphatic carbocycles. The fourth-order valence-corrected chi connectivity index (χ4v) is 4.89. The number of aromatic nitrogens is 4. The largest absolute Gasteiger partial charge is 0.491 e. The second kappa shape index (κ2) is 14.2. The van der Waals surface area contributed by atoms with Gasteiger partial charge in [-0.25, -0.2) is 19.9 Å². The first kappa shape index (κ1) is 28.0. The molecule has 12 nitrogen and oxygen atoms in total. The van der Waals surface area contributed by atoms with Crippen LogP contribution in [0.1, 0.15) is 0 Å². The Kier molecular flexibility index (Phi) is 9.91. The van der Waals surface area contributed by atoms with Crippen LogP contribution in [0.5, 0.6) is 11.5 Å². The Morgan fingerprint density at radius 2 is 0.925 bits per heavy atom. The molecular weight excluding hydrogens is 512 g/mol. The molecule has 5 rings (SSSR count). The van der Waals surface area contributed by atoms with Crippen LogP contribution in [0.25, 0.3) is 0 Å². The third-order valence-electron chi connectivity index (χ3n) is 7.06. The van der Waals surface area contributed by atoms with Gasteiger partial charge in [0.15, 0.2) is 0 Å². The fourth-order valence-electron chi connectivity index (χ4n) is 4.89. The number of β-amino-alcohol motifs (C(OH)–C–C–N with tert-alkyl or cyclic N) is 2. The maximum absolute atomic E-state index is 10.5. The zero-order valence-corrected chi connectivity index (χ0v) is 22.7. The molecule has 40 heavy (non-hydrogen) atoms. The van der Waals surface area contributed by atoms with E-state index in [1.165, 1.54) is 0 Å². The van der Waals surface area contributed by atoms with Crippen molar-refractivity contribution in [3.63, 3.8) is 0 Å². The van der Waals surface area contributed by atoms with Gasteiger partial charge in [-0.2, -0.15) is 0 Å². The summed E-state index contributed by atoms with van der Waals surface area (Å²) in [5.74, 6) is 2.83. The highest BCUT2D eigenvalue weighted by Crippen LogP contribution is 2.19. The lowest BCUT2D eigenvalue weighted by Crippen LogP contribution is -2.49. The zero-order chi connectivity index (χ0) is 27.6. The smallest absolute Gasteiger partial charge is 0.225 e. The highest BCUT2D eigenvalue weighted by Gasteiger charge is 2.22. The fraction of sp³-hybridized carbons (Fsp3) is 0.500. The number of piperazine rings is 2. The Morgan fingerprint density at radius 3 is 1.27 bits per heavy atom. The van der Waals surface area contributed by atoms with E-state index in [-0.39, 0.29) is 13.2 Å². The molecule has 2 atom stereocenters. The summed E-state index contributed by atoms with van der Waals surface area (Å²) in [5, 5.41) is 21.0. The van der Waals surface area contributed by atoms with Gasteiger partial charge in [0.1, 0.15) is 36.9 Å². The lowest BCUT2D eigenvalue weighted by Gasteiger charge is -2.35. The third kappa shape index (κ3) is 8.21. The number of hydrogen-bond donors (Lipinski definition) is 2. The molecule has 0 saturated carbocycles. The molecule has 3 aromatic rings. The lowest BCUT2D eigenvalue weighted by molar-refractivity contribution is 0.0649. The van der Waals surface area contributed by atoms with Gasteiger partial charge in [-0.3, -0.25) is 9.80 Å². The minimum absolute atomic E-state index is 0.213. The van der Waals surface area contributed by atoms with Gasteiger partial charge >= 0.3 is 0 Å². The monoisotopic (exact) mass is 550 g/mol. The number of rotatable bonds is 12. The average Bonchev–Trinajstić information content (AvgIpc) is 3.01. The first-order valence-electron chi connectivity index (χ1n) is 13.8. The summed E-state index contributed by atoms with van der Waals surface area (Å²) >= 11 is 0. The van der Waals surface area contributed by atoms with Gasteiger partial charge in [0.05, 0.1) is 0 Å². The molecule has 2 N–H and O–H groups in total. The molecule has 214 valence electrons. The summed E-state index contributed by atoms with van der Waals surface area (Å²) in [7, 11) is 0. The van der Waals surface area contributed by atoms with Crippen molar-refractivity contribution in [2.24, 2.45) is 0 Å². The van der Waals surface area contributed by atoms with Gasteiger partial charge in [0.2, 0.25) is 11.9 Å². The van der Waals surface area contributed by atoms with E-state index in [1.807, 2.05) is 36.4 Å². The van der Waals surface area contributed by atoms with Crippen molar-refractivity contribution >= 4 is 11.9 Å². The van der Waals surface area contributed by atoms with E-state index < -0.39 is 12.2 Å². The first-order chi connectivity index (χ1) is 19.6. The van der Waals surface area contributed by atoms with Gasteiger partial charge in [0, 0.05) is 90.2 Å².